The van der Waals surface area contributed by atoms with Crippen molar-refractivity contribution in [3.05, 3.63) is 34.3 Å². The summed E-state index contributed by atoms with van der Waals surface area (Å²) < 4.78 is 5.34. The van der Waals surface area contributed by atoms with Crippen molar-refractivity contribution in [3.63, 3.8) is 0 Å². The summed E-state index contributed by atoms with van der Waals surface area (Å²) in [5, 5.41) is 0. The number of rotatable bonds is 3. The third kappa shape index (κ3) is 3.14. The van der Waals surface area contributed by atoms with Crippen LogP contribution in [0.1, 0.15) is 10.4 Å². The molecule has 0 amide bonds. The summed E-state index contributed by atoms with van der Waals surface area (Å²) in [6, 6.07) is 6.77. The number of ether oxygens (including phenoxy) is 1. The molecule has 3 nitrogen and oxygen atoms in total. The first-order valence-corrected chi connectivity index (χ1v) is 5.79. The minimum atomic E-state index is -0.941. The highest BCUT2D eigenvalue weighted by molar-refractivity contribution is 9.10. The first-order chi connectivity index (χ1) is 7.06. The second-order valence-electron chi connectivity index (χ2n) is 2.76. The second-order valence-corrected chi connectivity index (χ2v) is 4.59. The molecule has 0 fully saturated rings. The Morgan fingerprint density at radius 2 is 1.80 bits per heavy atom. The van der Waals surface area contributed by atoms with Crippen LogP contribution in [0.5, 0.6) is 0 Å². The molecule has 0 aliphatic heterocycles. The van der Waals surface area contributed by atoms with E-state index in [1.54, 1.807) is 24.3 Å². The Hall–Kier alpha value is -0.680. The van der Waals surface area contributed by atoms with E-state index in [9.17, 15) is 9.59 Å². The molecule has 1 aromatic rings. The van der Waals surface area contributed by atoms with Crippen LogP contribution in [0.25, 0.3) is 0 Å². The van der Waals surface area contributed by atoms with E-state index in [1.165, 1.54) is 7.11 Å². The topological polar surface area (TPSA) is 43.4 Å². The fourth-order valence-corrected chi connectivity index (χ4v) is 1.69. The fraction of sp³-hybridized carbons (Fsp3) is 0.200. The van der Waals surface area contributed by atoms with E-state index < -0.39 is 10.8 Å². The molecule has 1 aromatic carbocycles. The predicted molar refractivity (Wildman–Crippen MR) is 63.2 cm³/mol. The molecule has 5 heteroatoms. The van der Waals surface area contributed by atoms with Gasteiger partial charge in [-0.05, 0) is 12.1 Å². The average molecular weight is 336 g/mol. The molecule has 1 atom stereocenters. The largest absolute Gasteiger partial charge is 0.468 e. The van der Waals surface area contributed by atoms with E-state index in [0.717, 1.165) is 4.47 Å². The van der Waals surface area contributed by atoms with Crippen molar-refractivity contribution in [1.82, 2.24) is 0 Å². The Morgan fingerprint density at radius 1 is 1.27 bits per heavy atom. The van der Waals surface area contributed by atoms with Gasteiger partial charge in [-0.15, -0.1) is 0 Å². The molecule has 0 aliphatic rings. The molecule has 0 spiro atoms. The van der Waals surface area contributed by atoms with Crippen molar-refractivity contribution >= 4 is 43.6 Å². The monoisotopic (exact) mass is 334 g/mol. The molecule has 0 saturated heterocycles. The van der Waals surface area contributed by atoms with Gasteiger partial charge >= 0.3 is 5.97 Å². The lowest BCUT2D eigenvalue weighted by Gasteiger charge is -2.06. The maximum absolute atomic E-state index is 11.7. The summed E-state index contributed by atoms with van der Waals surface area (Å²) in [4.78, 5) is 21.8. The molecule has 0 heterocycles. The number of ketones is 1. The van der Waals surface area contributed by atoms with Gasteiger partial charge < -0.3 is 4.74 Å². The molecule has 80 valence electrons. The van der Waals surface area contributed by atoms with Gasteiger partial charge in [-0.1, -0.05) is 44.0 Å². The van der Waals surface area contributed by atoms with Crippen molar-refractivity contribution in [3.8, 4) is 0 Å². The van der Waals surface area contributed by atoms with Crippen LogP contribution < -0.4 is 0 Å². The van der Waals surface area contributed by atoms with Crippen LogP contribution in [0.3, 0.4) is 0 Å². The first-order valence-electron chi connectivity index (χ1n) is 4.08. The number of methoxy groups -OCH3 is 1. The highest BCUT2D eigenvalue weighted by atomic mass is 79.9. The summed E-state index contributed by atoms with van der Waals surface area (Å²) in [7, 11) is 1.24. The lowest BCUT2D eigenvalue weighted by Crippen LogP contribution is -2.25. The normalized spacial score (nSPS) is 11.9. The minimum absolute atomic E-state index is 0.311. The van der Waals surface area contributed by atoms with Crippen LogP contribution in [0, 0.1) is 0 Å². The van der Waals surface area contributed by atoms with Crippen LogP contribution in [-0.4, -0.2) is 23.7 Å². The van der Waals surface area contributed by atoms with E-state index in [4.69, 9.17) is 0 Å². The van der Waals surface area contributed by atoms with Crippen molar-refractivity contribution in [2.24, 2.45) is 0 Å². The molecule has 0 N–H and O–H groups in total. The lowest BCUT2D eigenvalue weighted by molar-refractivity contribution is -0.138. The zero-order valence-corrected chi connectivity index (χ0v) is 11.0. The van der Waals surface area contributed by atoms with E-state index in [-0.39, 0.29) is 5.78 Å². The number of halogens is 2. The summed E-state index contributed by atoms with van der Waals surface area (Å²) in [5.41, 5.74) is 0.463. The van der Waals surface area contributed by atoms with E-state index >= 15 is 0 Å². The number of esters is 1. The number of hydrogen-bond donors (Lipinski definition) is 0. The summed E-state index contributed by atoms with van der Waals surface area (Å²) in [6.07, 6.45) is 0. The van der Waals surface area contributed by atoms with Crippen molar-refractivity contribution in [2.45, 2.75) is 4.83 Å². The lowest BCUT2D eigenvalue weighted by atomic mass is 10.1. The standard InChI is InChI=1S/C10H8Br2O3/c1-15-10(14)8(12)9(13)6-2-4-7(11)5-3-6/h2-5,8H,1H3. The fourth-order valence-electron chi connectivity index (χ4n) is 0.971. The number of carbonyl (C=O) groups is 2. The molecule has 0 aliphatic carbocycles. The highest BCUT2D eigenvalue weighted by Crippen LogP contribution is 2.15. The maximum atomic E-state index is 11.7. The Morgan fingerprint density at radius 3 is 2.27 bits per heavy atom. The number of carbonyl (C=O) groups excluding carboxylic acids is 2. The molecule has 0 radical (unpaired) electrons. The molecular weight excluding hydrogens is 328 g/mol. The zero-order chi connectivity index (χ0) is 11.4. The Labute approximate surface area is 104 Å². The van der Waals surface area contributed by atoms with Gasteiger partial charge in [-0.3, -0.25) is 9.59 Å². The van der Waals surface area contributed by atoms with E-state index in [0.29, 0.717) is 5.56 Å². The van der Waals surface area contributed by atoms with Gasteiger partial charge in [0.25, 0.3) is 0 Å². The molecule has 0 bridgehead atoms. The summed E-state index contributed by atoms with van der Waals surface area (Å²) >= 11 is 6.25. The van der Waals surface area contributed by atoms with Crippen LogP contribution in [0.15, 0.2) is 28.7 Å². The van der Waals surface area contributed by atoms with Crippen LogP contribution >= 0.6 is 31.9 Å². The smallest absolute Gasteiger partial charge is 0.327 e. The van der Waals surface area contributed by atoms with Gasteiger partial charge in [0.1, 0.15) is 0 Å². The molecule has 0 saturated carbocycles. The Kier molecular flexibility index (Phi) is 4.47. The van der Waals surface area contributed by atoms with E-state index in [2.05, 4.69) is 36.6 Å². The van der Waals surface area contributed by atoms with Gasteiger partial charge in [0.05, 0.1) is 7.11 Å². The summed E-state index contributed by atoms with van der Waals surface area (Å²) in [5.74, 6) is -0.905. The van der Waals surface area contributed by atoms with E-state index in [1.807, 2.05) is 0 Å². The second kappa shape index (κ2) is 5.42. The van der Waals surface area contributed by atoms with Gasteiger partial charge in [0.15, 0.2) is 10.6 Å². The van der Waals surface area contributed by atoms with Crippen LogP contribution in [0.4, 0.5) is 0 Å². The zero-order valence-electron chi connectivity index (χ0n) is 7.87. The SMILES string of the molecule is COC(=O)C(Br)C(=O)c1ccc(Br)cc1. The molecule has 15 heavy (non-hydrogen) atoms. The molecule has 1 rings (SSSR count). The minimum Gasteiger partial charge on any atom is -0.468 e. The summed E-state index contributed by atoms with van der Waals surface area (Å²) in [6.45, 7) is 0. The third-order valence-corrected chi connectivity index (χ3v) is 3.09. The number of alkyl halides is 1. The molecular formula is C10H8Br2O3. The molecule has 0 aromatic heterocycles. The first kappa shape index (κ1) is 12.4. The van der Waals surface area contributed by atoms with Crippen molar-refractivity contribution in [2.75, 3.05) is 7.11 Å². The van der Waals surface area contributed by atoms with Gasteiger partial charge in [0.2, 0.25) is 0 Å². The van der Waals surface area contributed by atoms with Gasteiger partial charge in [0, 0.05) is 10.0 Å². The molecule has 1 unspecified atom stereocenters. The Balaban J connectivity index is 2.85. The van der Waals surface area contributed by atoms with Crippen molar-refractivity contribution < 1.29 is 14.3 Å². The van der Waals surface area contributed by atoms with Crippen molar-refractivity contribution in [1.29, 1.82) is 0 Å². The average Bonchev–Trinajstić information content (AvgIpc) is 2.27. The predicted octanol–water partition coefficient (Wildman–Crippen LogP) is 2.57. The number of benzene rings is 1. The quantitative estimate of drug-likeness (QED) is 0.369. The maximum Gasteiger partial charge on any atom is 0.327 e. The highest BCUT2D eigenvalue weighted by Gasteiger charge is 2.25. The third-order valence-electron chi connectivity index (χ3n) is 1.77. The van der Waals surface area contributed by atoms with Gasteiger partial charge in [-0.25, -0.2) is 0 Å². The Bertz CT molecular complexity index is 373. The number of Topliss-reactive ketones (excluding diaryl/α,β-unsaturated/α-hetero) is 1. The van der Waals surface area contributed by atoms with Crippen LogP contribution in [-0.2, 0) is 9.53 Å². The van der Waals surface area contributed by atoms with Crippen LogP contribution in [0.2, 0.25) is 0 Å². The number of hydrogen-bond acceptors (Lipinski definition) is 3. The van der Waals surface area contributed by atoms with Gasteiger partial charge in [-0.2, -0.15) is 0 Å².